The van der Waals surface area contributed by atoms with Crippen molar-refractivity contribution in [2.45, 2.75) is 32.6 Å². The van der Waals surface area contributed by atoms with Gasteiger partial charge in [-0.25, -0.2) is 0 Å². The lowest BCUT2D eigenvalue weighted by Gasteiger charge is -2.32. The number of likely N-dealkylation sites (tertiary alicyclic amines) is 1. The molecular formula is C22H27NO3. The molecule has 26 heavy (non-hydrogen) atoms. The highest BCUT2D eigenvalue weighted by atomic mass is 16.5. The zero-order chi connectivity index (χ0) is 18.5. The van der Waals surface area contributed by atoms with Crippen molar-refractivity contribution >= 4 is 5.91 Å². The summed E-state index contributed by atoms with van der Waals surface area (Å²) in [6.07, 6.45) is 1.89. The number of amides is 1. The Labute approximate surface area is 155 Å². The fourth-order valence-corrected chi connectivity index (χ4v) is 3.33. The average molecular weight is 353 g/mol. The number of nitrogens with zero attached hydrogens (tertiary/aromatic N) is 1. The largest absolute Gasteiger partial charge is 0.508 e. The van der Waals surface area contributed by atoms with Gasteiger partial charge in [-0.3, -0.25) is 4.79 Å². The van der Waals surface area contributed by atoms with Gasteiger partial charge in [0.1, 0.15) is 11.5 Å². The number of rotatable bonds is 5. The third-order valence-corrected chi connectivity index (χ3v) is 4.81. The minimum atomic E-state index is 0.0733. The molecule has 4 heteroatoms. The molecule has 4 nitrogen and oxygen atoms in total. The third kappa shape index (κ3) is 4.57. The molecule has 0 atom stereocenters. The number of phenolic OH excluding ortho intramolecular Hbond substituents is 1. The number of hydrogen-bond acceptors (Lipinski definition) is 3. The molecule has 1 amide bonds. The highest BCUT2D eigenvalue weighted by molar-refractivity contribution is 5.94. The van der Waals surface area contributed by atoms with Crippen molar-refractivity contribution < 1.29 is 14.6 Å². The van der Waals surface area contributed by atoms with E-state index in [-0.39, 0.29) is 5.91 Å². The summed E-state index contributed by atoms with van der Waals surface area (Å²) in [6.45, 7) is 6.36. The van der Waals surface area contributed by atoms with Crippen molar-refractivity contribution in [2.75, 3.05) is 19.7 Å². The predicted octanol–water partition coefficient (Wildman–Crippen LogP) is 4.45. The monoisotopic (exact) mass is 353 g/mol. The first-order valence-electron chi connectivity index (χ1n) is 9.34. The summed E-state index contributed by atoms with van der Waals surface area (Å²) < 4.78 is 5.74. The number of carbonyl (C=O) groups excluding carboxylic acids is 1. The predicted molar refractivity (Wildman–Crippen MR) is 103 cm³/mol. The van der Waals surface area contributed by atoms with Gasteiger partial charge < -0.3 is 14.7 Å². The Hall–Kier alpha value is -2.49. The van der Waals surface area contributed by atoms with Crippen LogP contribution in [0.2, 0.25) is 0 Å². The van der Waals surface area contributed by atoms with E-state index in [0.29, 0.717) is 29.8 Å². The van der Waals surface area contributed by atoms with Gasteiger partial charge in [0.25, 0.3) is 5.91 Å². The van der Waals surface area contributed by atoms with Crippen molar-refractivity contribution in [1.82, 2.24) is 4.90 Å². The van der Waals surface area contributed by atoms with E-state index in [1.54, 1.807) is 12.1 Å². The Morgan fingerprint density at radius 3 is 2.50 bits per heavy atom. The second-order valence-electron chi connectivity index (χ2n) is 7.39. The lowest BCUT2D eigenvalue weighted by Crippen LogP contribution is -2.37. The second-order valence-corrected chi connectivity index (χ2v) is 7.39. The summed E-state index contributed by atoms with van der Waals surface area (Å²) in [4.78, 5) is 14.7. The lowest BCUT2D eigenvalue weighted by molar-refractivity contribution is 0.0712. The minimum absolute atomic E-state index is 0.0733. The molecule has 0 saturated carbocycles. The topological polar surface area (TPSA) is 49.8 Å². The number of phenols is 1. The standard InChI is InChI=1S/C22H27NO3/c1-16(2)15-26-21-5-3-4-19(14-21)22(25)23-12-10-18(11-13-23)17-6-8-20(24)9-7-17/h3-9,14,16,18,24H,10-13,15H2,1-2H3. The van der Waals surface area contributed by atoms with Crippen LogP contribution in [0.5, 0.6) is 11.5 Å². The summed E-state index contributed by atoms with van der Waals surface area (Å²) in [7, 11) is 0. The zero-order valence-electron chi connectivity index (χ0n) is 15.5. The molecule has 3 rings (SSSR count). The number of ether oxygens (including phenoxy) is 1. The van der Waals surface area contributed by atoms with E-state index in [4.69, 9.17) is 4.74 Å². The summed E-state index contributed by atoms with van der Waals surface area (Å²) in [5.41, 5.74) is 1.92. The maximum Gasteiger partial charge on any atom is 0.253 e. The molecule has 1 fully saturated rings. The van der Waals surface area contributed by atoms with Crippen molar-refractivity contribution in [3.8, 4) is 11.5 Å². The molecule has 0 bridgehead atoms. The molecule has 0 aromatic heterocycles. The van der Waals surface area contributed by atoms with E-state index in [1.807, 2.05) is 41.3 Å². The molecule has 2 aromatic rings. The molecule has 1 N–H and O–H groups in total. The summed E-state index contributed by atoms with van der Waals surface area (Å²) in [5.74, 6) is 2.02. The van der Waals surface area contributed by atoms with Gasteiger partial charge in [-0.1, -0.05) is 32.0 Å². The molecule has 138 valence electrons. The minimum Gasteiger partial charge on any atom is -0.508 e. The third-order valence-electron chi connectivity index (χ3n) is 4.81. The van der Waals surface area contributed by atoms with Crippen molar-refractivity contribution in [3.63, 3.8) is 0 Å². The number of piperidine rings is 1. The number of carbonyl (C=O) groups is 1. The van der Waals surface area contributed by atoms with Crippen molar-refractivity contribution in [2.24, 2.45) is 5.92 Å². The van der Waals surface area contributed by atoms with E-state index in [2.05, 4.69) is 13.8 Å². The molecule has 0 unspecified atom stereocenters. The highest BCUT2D eigenvalue weighted by Gasteiger charge is 2.24. The van der Waals surface area contributed by atoms with Gasteiger partial charge in [0.2, 0.25) is 0 Å². The smallest absolute Gasteiger partial charge is 0.253 e. The Balaban J connectivity index is 1.59. The van der Waals surface area contributed by atoms with Gasteiger partial charge in [0, 0.05) is 18.7 Å². The second kappa shape index (κ2) is 8.26. The first-order chi connectivity index (χ1) is 12.5. The zero-order valence-corrected chi connectivity index (χ0v) is 15.5. The fourth-order valence-electron chi connectivity index (χ4n) is 3.33. The number of hydrogen-bond donors (Lipinski definition) is 1. The first-order valence-corrected chi connectivity index (χ1v) is 9.34. The van der Waals surface area contributed by atoms with Gasteiger partial charge in [-0.2, -0.15) is 0 Å². The number of aromatic hydroxyl groups is 1. The molecule has 0 aliphatic carbocycles. The molecule has 1 aliphatic heterocycles. The Bertz CT molecular complexity index is 731. The Kier molecular flexibility index (Phi) is 5.82. The average Bonchev–Trinajstić information content (AvgIpc) is 2.67. The number of benzene rings is 2. The highest BCUT2D eigenvalue weighted by Crippen LogP contribution is 2.29. The summed E-state index contributed by atoms with van der Waals surface area (Å²) >= 11 is 0. The molecule has 0 spiro atoms. The van der Waals surface area contributed by atoms with Gasteiger partial charge >= 0.3 is 0 Å². The van der Waals surface area contributed by atoms with E-state index in [0.717, 1.165) is 31.7 Å². The molecular weight excluding hydrogens is 326 g/mol. The first kappa shape index (κ1) is 18.3. The van der Waals surface area contributed by atoms with E-state index in [1.165, 1.54) is 5.56 Å². The van der Waals surface area contributed by atoms with Crippen LogP contribution in [-0.4, -0.2) is 35.6 Å². The fraction of sp³-hybridized carbons (Fsp3) is 0.409. The van der Waals surface area contributed by atoms with Crippen molar-refractivity contribution in [3.05, 3.63) is 59.7 Å². The van der Waals surface area contributed by atoms with Crippen LogP contribution in [0.3, 0.4) is 0 Å². The van der Waals surface area contributed by atoms with Crippen LogP contribution in [0.1, 0.15) is 48.5 Å². The van der Waals surface area contributed by atoms with Crippen LogP contribution in [0.25, 0.3) is 0 Å². The van der Waals surface area contributed by atoms with E-state index in [9.17, 15) is 9.90 Å². The van der Waals surface area contributed by atoms with Crippen LogP contribution in [-0.2, 0) is 0 Å². The van der Waals surface area contributed by atoms with E-state index < -0.39 is 0 Å². The van der Waals surface area contributed by atoms with Gasteiger partial charge in [0.15, 0.2) is 0 Å². The quantitative estimate of drug-likeness (QED) is 0.864. The normalized spacial score (nSPS) is 15.3. The maximum atomic E-state index is 12.8. The van der Waals surface area contributed by atoms with Gasteiger partial charge in [-0.05, 0) is 60.6 Å². The van der Waals surface area contributed by atoms with Gasteiger partial charge in [0.05, 0.1) is 6.61 Å². The lowest BCUT2D eigenvalue weighted by atomic mass is 9.89. The van der Waals surface area contributed by atoms with Crippen molar-refractivity contribution in [1.29, 1.82) is 0 Å². The SMILES string of the molecule is CC(C)COc1cccc(C(=O)N2CCC(c3ccc(O)cc3)CC2)c1. The van der Waals surface area contributed by atoms with Crippen LogP contribution in [0, 0.1) is 5.92 Å². The van der Waals surface area contributed by atoms with Crippen LogP contribution in [0.4, 0.5) is 0 Å². The summed E-state index contributed by atoms with van der Waals surface area (Å²) in [6, 6.07) is 14.9. The van der Waals surface area contributed by atoms with E-state index >= 15 is 0 Å². The van der Waals surface area contributed by atoms with Gasteiger partial charge in [-0.15, -0.1) is 0 Å². The molecule has 1 aliphatic rings. The van der Waals surface area contributed by atoms with Crippen LogP contribution in [0.15, 0.2) is 48.5 Å². The maximum absolute atomic E-state index is 12.8. The van der Waals surface area contributed by atoms with Crippen LogP contribution < -0.4 is 4.74 Å². The Morgan fingerprint density at radius 1 is 1.15 bits per heavy atom. The molecule has 0 radical (unpaired) electrons. The molecule has 1 saturated heterocycles. The Morgan fingerprint density at radius 2 is 1.85 bits per heavy atom. The molecule has 2 aromatic carbocycles. The van der Waals surface area contributed by atoms with Crippen LogP contribution >= 0.6 is 0 Å². The molecule has 1 heterocycles. The summed E-state index contributed by atoms with van der Waals surface area (Å²) in [5, 5.41) is 9.42.